The van der Waals surface area contributed by atoms with E-state index in [2.05, 4.69) is 26.0 Å². The summed E-state index contributed by atoms with van der Waals surface area (Å²) in [6.45, 7) is 6.75. The Hall–Kier alpha value is -1.05. The summed E-state index contributed by atoms with van der Waals surface area (Å²) in [6.07, 6.45) is 7.98. The zero-order valence-corrected chi connectivity index (χ0v) is 16.5. The van der Waals surface area contributed by atoms with Crippen LogP contribution in [0.3, 0.4) is 0 Å². The molecule has 0 radical (unpaired) electrons. The molecule has 1 aromatic carbocycles. The van der Waals surface area contributed by atoms with E-state index in [9.17, 15) is 4.79 Å². The molecule has 0 aliphatic heterocycles. The van der Waals surface area contributed by atoms with Crippen molar-refractivity contribution in [3.63, 3.8) is 0 Å². The Bertz CT molecular complexity index is 480. The van der Waals surface area contributed by atoms with Gasteiger partial charge in [0.05, 0.1) is 0 Å². The first-order valence-electron chi connectivity index (χ1n) is 8.84. The van der Waals surface area contributed by atoms with E-state index in [1.165, 1.54) is 29.3 Å². The average molecular weight is 381 g/mol. The maximum atomic E-state index is 12.5. The summed E-state index contributed by atoms with van der Waals surface area (Å²) in [5, 5.41) is 0. The van der Waals surface area contributed by atoms with Crippen molar-refractivity contribution in [3.8, 4) is 0 Å². The van der Waals surface area contributed by atoms with Gasteiger partial charge in [-0.1, -0.05) is 0 Å². The number of esters is 1. The summed E-state index contributed by atoms with van der Waals surface area (Å²) in [6, 6.07) is 10.3. The van der Waals surface area contributed by atoms with Crippen LogP contribution in [0.5, 0.6) is 0 Å². The number of hydrogen-bond donors (Lipinski definition) is 0. The fourth-order valence-corrected chi connectivity index (χ4v) is 4.53. The maximum absolute atomic E-state index is 12.5. The molecule has 2 nitrogen and oxygen atoms in total. The van der Waals surface area contributed by atoms with E-state index in [0.29, 0.717) is 6.61 Å². The van der Waals surface area contributed by atoms with Crippen molar-refractivity contribution in [2.75, 3.05) is 6.61 Å². The topological polar surface area (TPSA) is 26.3 Å². The Kier molecular flexibility index (Phi) is 10.8. The van der Waals surface area contributed by atoms with Gasteiger partial charge in [0, 0.05) is 0 Å². The summed E-state index contributed by atoms with van der Waals surface area (Å²) in [5.41, 5.74) is 1.34. The molecule has 0 bridgehead atoms. The van der Waals surface area contributed by atoms with Crippen LogP contribution >= 0.6 is 0 Å². The van der Waals surface area contributed by atoms with Gasteiger partial charge < -0.3 is 0 Å². The minimum atomic E-state index is -0.0982. The molecule has 0 aliphatic carbocycles. The molecule has 0 saturated heterocycles. The Morgan fingerprint density at radius 2 is 1.61 bits per heavy atom. The van der Waals surface area contributed by atoms with Crippen LogP contribution in [0, 0.1) is 0 Å². The van der Waals surface area contributed by atoms with Gasteiger partial charge in [-0.25, -0.2) is 0 Å². The summed E-state index contributed by atoms with van der Waals surface area (Å²) in [5.74, 6) is -0.0982. The predicted octanol–water partition coefficient (Wildman–Crippen LogP) is 4.60. The van der Waals surface area contributed by atoms with Gasteiger partial charge in [-0.15, -0.1) is 0 Å². The Morgan fingerprint density at radius 1 is 0.957 bits per heavy atom. The second kappa shape index (κ2) is 12.4. The number of rotatable bonds is 11. The average Bonchev–Trinajstić information content (AvgIpc) is 2.57. The van der Waals surface area contributed by atoms with Crippen LogP contribution in [0.4, 0.5) is 0 Å². The van der Waals surface area contributed by atoms with Crippen LogP contribution in [-0.4, -0.2) is 27.5 Å². The molecule has 1 rings (SSSR count). The first-order valence-corrected chi connectivity index (χ1v) is 10.6. The summed E-state index contributed by atoms with van der Waals surface area (Å²) < 4.78 is 7.56. The van der Waals surface area contributed by atoms with Crippen molar-refractivity contribution < 1.29 is 9.53 Å². The van der Waals surface area contributed by atoms with Crippen molar-refractivity contribution in [2.24, 2.45) is 0 Å². The quantitative estimate of drug-likeness (QED) is 0.242. The molecule has 0 fully saturated rings. The monoisotopic (exact) mass is 382 g/mol. The second-order valence-electron chi connectivity index (χ2n) is 5.63. The van der Waals surface area contributed by atoms with Crippen molar-refractivity contribution in [1.82, 2.24) is 0 Å². The van der Waals surface area contributed by atoms with Crippen molar-refractivity contribution in [3.05, 3.63) is 40.4 Å². The van der Waals surface area contributed by atoms with E-state index in [1.807, 2.05) is 25.1 Å². The number of carbonyl (C=O) groups is 1. The van der Waals surface area contributed by atoms with E-state index < -0.39 is 0 Å². The van der Waals surface area contributed by atoms with Crippen LogP contribution in [0.15, 0.2) is 40.4 Å². The van der Waals surface area contributed by atoms with Crippen molar-refractivity contribution in [1.29, 1.82) is 0 Å². The number of carbonyl (C=O) groups excluding carboxylic acids is 1. The van der Waals surface area contributed by atoms with Crippen LogP contribution in [0.2, 0.25) is 0 Å². The fraction of sp³-hybridized carbons (Fsp3) is 0.550. The summed E-state index contributed by atoms with van der Waals surface area (Å²) in [4.78, 5) is 12.5. The van der Waals surface area contributed by atoms with Crippen LogP contribution < -0.4 is 4.46 Å². The first-order chi connectivity index (χ1) is 11.2. The van der Waals surface area contributed by atoms with Gasteiger partial charge in [0.15, 0.2) is 0 Å². The standard InChI is InChI=1S/C20H30O2Se/c1-4-7-10-14-17(13-8-5-2)19(20(21)22-6-3)23-18-15-11-9-12-16-18/h9,11-12,15-16H,4-8,10,13-14H2,1-3H3/b19-17-. The molecular formula is C20H30O2Se. The van der Waals surface area contributed by atoms with Crippen molar-refractivity contribution >= 4 is 25.4 Å². The number of ether oxygens (including phenoxy) is 1. The zero-order valence-electron chi connectivity index (χ0n) is 14.8. The van der Waals surface area contributed by atoms with Gasteiger partial charge in [0.25, 0.3) is 0 Å². The Morgan fingerprint density at radius 3 is 2.22 bits per heavy atom. The normalized spacial score (nSPS) is 12.0. The molecule has 0 aromatic heterocycles. The zero-order chi connectivity index (χ0) is 16.9. The third-order valence-corrected chi connectivity index (χ3v) is 6.11. The molecule has 0 aliphatic rings. The van der Waals surface area contributed by atoms with Crippen LogP contribution in [0.25, 0.3) is 0 Å². The number of hydrogen-bond acceptors (Lipinski definition) is 2. The predicted molar refractivity (Wildman–Crippen MR) is 99.2 cm³/mol. The molecule has 0 spiro atoms. The number of allylic oxidation sites excluding steroid dienone is 1. The molecule has 1 aromatic rings. The molecule has 128 valence electrons. The van der Waals surface area contributed by atoms with E-state index in [0.717, 1.165) is 30.2 Å². The third-order valence-electron chi connectivity index (χ3n) is 3.66. The van der Waals surface area contributed by atoms with Crippen LogP contribution in [0.1, 0.15) is 65.7 Å². The number of unbranched alkanes of at least 4 members (excludes halogenated alkanes) is 3. The van der Waals surface area contributed by atoms with E-state index in [-0.39, 0.29) is 20.9 Å². The SMILES string of the molecule is CCCCC/C(CCCC)=C(\[Se]c1ccccc1)C(=O)OCC. The Labute approximate surface area is 147 Å². The molecule has 0 N–H and O–H groups in total. The molecule has 0 unspecified atom stereocenters. The van der Waals surface area contributed by atoms with E-state index >= 15 is 0 Å². The third kappa shape index (κ3) is 7.85. The molecule has 23 heavy (non-hydrogen) atoms. The van der Waals surface area contributed by atoms with Gasteiger partial charge in [-0.3, -0.25) is 0 Å². The van der Waals surface area contributed by atoms with Crippen LogP contribution in [-0.2, 0) is 9.53 Å². The van der Waals surface area contributed by atoms with E-state index in [4.69, 9.17) is 4.74 Å². The summed E-state index contributed by atoms with van der Waals surface area (Å²) in [7, 11) is 0. The Balaban J connectivity index is 3.02. The van der Waals surface area contributed by atoms with Crippen molar-refractivity contribution in [2.45, 2.75) is 65.7 Å². The van der Waals surface area contributed by atoms with Gasteiger partial charge in [0.2, 0.25) is 0 Å². The fourth-order valence-electron chi connectivity index (χ4n) is 2.39. The molecule has 0 heterocycles. The summed E-state index contributed by atoms with van der Waals surface area (Å²) >= 11 is 0.0306. The van der Waals surface area contributed by atoms with Gasteiger partial charge in [-0.2, -0.15) is 0 Å². The molecule has 0 amide bonds. The van der Waals surface area contributed by atoms with Gasteiger partial charge in [0.1, 0.15) is 0 Å². The number of benzene rings is 1. The van der Waals surface area contributed by atoms with Gasteiger partial charge in [-0.05, 0) is 0 Å². The van der Waals surface area contributed by atoms with Gasteiger partial charge >= 0.3 is 148 Å². The second-order valence-corrected chi connectivity index (χ2v) is 7.90. The minimum absolute atomic E-state index is 0.0306. The molecule has 3 heteroatoms. The molecule has 0 atom stereocenters. The molecular weight excluding hydrogens is 351 g/mol. The first kappa shape index (κ1) is 20.0. The molecule has 0 saturated carbocycles. The van der Waals surface area contributed by atoms with E-state index in [1.54, 1.807) is 0 Å².